The molecule has 0 aliphatic carbocycles. The first-order chi connectivity index (χ1) is 6.58. The lowest BCUT2D eigenvalue weighted by Gasteiger charge is -2.12. The van der Waals surface area contributed by atoms with Crippen LogP contribution in [-0.4, -0.2) is 30.9 Å². The number of carbonyl (C=O) groups is 1. The molecule has 0 heterocycles. The quantitative estimate of drug-likeness (QED) is 0.704. The van der Waals surface area contributed by atoms with E-state index in [9.17, 15) is 0 Å². The van der Waals surface area contributed by atoms with E-state index >= 15 is 0 Å². The van der Waals surface area contributed by atoms with Crippen LogP contribution in [0.2, 0.25) is 0 Å². The second kappa shape index (κ2) is 12.8. The molecule has 5 nitrogen and oxygen atoms in total. The van der Waals surface area contributed by atoms with Gasteiger partial charge in [0.05, 0.1) is 19.8 Å². The van der Waals surface area contributed by atoms with Crippen LogP contribution in [0.25, 0.3) is 0 Å². The zero-order valence-electron chi connectivity index (χ0n) is 9.15. The summed E-state index contributed by atoms with van der Waals surface area (Å²) in [7, 11) is -1.06. The highest BCUT2D eigenvalue weighted by Gasteiger charge is 2.07. The Bertz CT molecular complexity index is 113. The summed E-state index contributed by atoms with van der Waals surface area (Å²) in [5.41, 5.74) is 0. The Morgan fingerprint density at radius 1 is 1.07 bits per heavy atom. The number of hydrogen-bond donors (Lipinski definition) is 1. The highest BCUT2D eigenvalue weighted by molar-refractivity contribution is 7.41. The molecule has 0 fully saturated rings. The van der Waals surface area contributed by atoms with E-state index in [4.69, 9.17) is 23.5 Å². The Morgan fingerprint density at radius 3 is 1.43 bits per heavy atom. The third kappa shape index (κ3) is 17.8. The molecule has 14 heavy (non-hydrogen) atoms. The number of hydrogen-bond acceptors (Lipinski definition) is 4. The molecule has 0 spiro atoms. The number of aliphatic carboxylic acids is 1. The fourth-order valence-electron chi connectivity index (χ4n) is 0.428. The van der Waals surface area contributed by atoms with Crippen LogP contribution >= 0.6 is 8.60 Å². The van der Waals surface area contributed by atoms with Crippen LogP contribution in [0, 0.1) is 0 Å². The van der Waals surface area contributed by atoms with Crippen LogP contribution in [0.4, 0.5) is 0 Å². The zero-order chi connectivity index (χ0) is 11.4. The minimum absolute atomic E-state index is 0.645. The lowest BCUT2D eigenvalue weighted by atomic mass is 10.9. The summed E-state index contributed by atoms with van der Waals surface area (Å²) >= 11 is 0. The first-order valence-electron chi connectivity index (χ1n) is 4.46. The summed E-state index contributed by atoms with van der Waals surface area (Å²) in [6, 6.07) is 0. The largest absolute Gasteiger partial charge is 0.481 e. The highest BCUT2D eigenvalue weighted by atomic mass is 31.2. The van der Waals surface area contributed by atoms with Gasteiger partial charge in [0.1, 0.15) is 0 Å². The molecule has 1 N–H and O–H groups in total. The van der Waals surface area contributed by atoms with Gasteiger partial charge in [-0.1, -0.05) is 0 Å². The monoisotopic (exact) mass is 226 g/mol. The summed E-state index contributed by atoms with van der Waals surface area (Å²) in [6.45, 7) is 8.79. The minimum Gasteiger partial charge on any atom is -0.481 e. The fourth-order valence-corrected chi connectivity index (χ4v) is 1.28. The van der Waals surface area contributed by atoms with E-state index in [2.05, 4.69) is 0 Å². The van der Waals surface area contributed by atoms with Crippen molar-refractivity contribution >= 4 is 14.6 Å². The van der Waals surface area contributed by atoms with E-state index in [0.717, 1.165) is 6.92 Å². The molecule has 0 aliphatic heterocycles. The molecule has 0 amide bonds. The number of carboxylic acids is 1. The van der Waals surface area contributed by atoms with Crippen molar-refractivity contribution in [3.05, 3.63) is 0 Å². The number of carboxylic acid groups (broad SMARTS) is 1. The molecule has 6 heteroatoms. The SMILES string of the molecule is CC(=O)O.CCOP(OCC)OCC. The van der Waals surface area contributed by atoms with Crippen LogP contribution in [0.3, 0.4) is 0 Å². The van der Waals surface area contributed by atoms with E-state index in [-0.39, 0.29) is 0 Å². The molecule has 0 unspecified atom stereocenters. The normalized spacial score (nSPS) is 9.50. The van der Waals surface area contributed by atoms with Gasteiger partial charge in [-0.3, -0.25) is 4.79 Å². The maximum absolute atomic E-state index is 9.00. The van der Waals surface area contributed by atoms with Crippen molar-refractivity contribution in [2.24, 2.45) is 0 Å². The van der Waals surface area contributed by atoms with Crippen molar-refractivity contribution in [3.8, 4) is 0 Å². The second-order valence-corrected chi connectivity index (χ2v) is 3.22. The number of rotatable bonds is 6. The summed E-state index contributed by atoms with van der Waals surface area (Å²) in [5, 5.41) is 7.42. The van der Waals surface area contributed by atoms with Gasteiger partial charge in [0.2, 0.25) is 0 Å². The molecule has 0 saturated heterocycles. The Morgan fingerprint density at radius 2 is 1.29 bits per heavy atom. The van der Waals surface area contributed by atoms with E-state index < -0.39 is 14.6 Å². The third-order valence-corrected chi connectivity index (χ3v) is 2.11. The Labute approximate surface area is 86.4 Å². The Hall–Kier alpha value is -0.220. The van der Waals surface area contributed by atoms with Gasteiger partial charge in [0.25, 0.3) is 5.97 Å². The fraction of sp³-hybridized carbons (Fsp3) is 0.875. The lowest BCUT2D eigenvalue weighted by Crippen LogP contribution is -1.94. The maximum atomic E-state index is 9.00. The molecular formula is C8H19O5P. The first-order valence-corrected chi connectivity index (χ1v) is 5.56. The second-order valence-electron chi connectivity index (χ2n) is 2.00. The van der Waals surface area contributed by atoms with Crippen molar-refractivity contribution in [3.63, 3.8) is 0 Å². The molecule has 0 atom stereocenters. The predicted octanol–water partition coefficient (Wildman–Crippen LogP) is 2.41. The van der Waals surface area contributed by atoms with E-state index in [1.807, 2.05) is 20.8 Å². The van der Waals surface area contributed by atoms with Crippen molar-refractivity contribution in [2.45, 2.75) is 27.7 Å². The summed E-state index contributed by atoms with van der Waals surface area (Å²) < 4.78 is 15.4. The zero-order valence-corrected chi connectivity index (χ0v) is 10.0. The average Bonchev–Trinajstić information content (AvgIpc) is 2.04. The van der Waals surface area contributed by atoms with Gasteiger partial charge >= 0.3 is 8.60 Å². The molecular weight excluding hydrogens is 207 g/mol. The van der Waals surface area contributed by atoms with Crippen LogP contribution in [-0.2, 0) is 18.4 Å². The third-order valence-electron chi connectivity index (χ3n) is 0.704. The standard InChI is InChI=1S/C6H15O3P.C2H4O2/c1-4-7-10(8-5-2)9-6-3;1-2(3)4/h4-6H2,1-3H3;1H3,(H,3,4). The van der Waals surface area contributed by atoms with Crippen molar-refractivity contribution in [1.82, 2.24) is 0 Å². The van der Waals surface area contributed by atoms with Crippen LogP contribution in [0.1, 0.15) is 27.7 Å². The molecule has 0 aromatic rings. The van der Waals surface area contributed by atoms with Gasteiger partial charge < -0.3 is 18.7 Å². The van der Waals surface area contributed by atoms with Crippen molar-refractivity contribution in [1.29, 1.82) is 0 Å². The highest BCUT2D eigenvalue weighted by Crippen LogP contribution is 2.38. The minimum atomic E-state index is -1.06. The van der Waals surface area contributed by atoms with Gasteiger partial charge in [-0.15, -0.1) is 0 Å². The van der Waals surface area contributed by atoms with Gasteiger partial charge in [-0.05, 0) is 20.8 Å². The van der Waals surface area contributed by atoms with Gasteiger partial charge in [-0.2, -0.15) is 0 Å². The smallest absolute Gasteiger partial charge is 0.332 e. The van der Waals surface area contributed by atoms with Crippen molar-refractivity contribution in [2.75, 3.05) is 19.8 Å². The van der Waals surface area contributed by atoms with Crippen LogP contribution in [0.5, 0.6) is 0 Å². The molecule has 0 aliphatic rings. The maximum Gasteiger partial charge on any atom is 0.332 e. The molecule has 0 bridgehead atoms. The van der Waals surface area contributed by atoms with E-state index in [1.54, 1.807) is 0 Å². The van der Waals surface area contributed by atoms with Crippen LogP contribution < -0.4 is 0 Å². The lowest BCUT2D eigenvalue weighted by molar-refractivity contribution is -0.134. The summed E-state index contributed by atoms with van der Waals surface area (Å²) in [6.07, 6.45) is 0. The molecule has 0 saturated carbocycles. The Kier molecular flexibility index (Phi) is 14.8. The van der Waals surface area contributed by atoms with Crippen molar-refractivity contribution < 1.29 is 23.5 Å². The molecule has 0 rings (SSSR count). The molecule has 0 aromatic heterocycles. The Balaban J connectivity index is 0. The topological polar surface area (TPSA) is 65.0 Å². The predicted molar refractivity (Wildman–Crippen MR) is 55.1 cm³/mol. The van der Waals surface area contributed by atoms with Gasteiger partial charge in [0, 0.05) is 6.92 Å². The average molecular weight is 226 g/mol. The van der Waals surface area contributed by atoms with E-state index in [1.165, 1.54) is 0 Å². The van der Waals surface area contributed by atoms with E-state index in [0.29, 0.717) is 19.8 Å². The first kappa shape index (κ1) is 16.2. The molecule has 0 radical (unpaired) electrons. The molecule has 86 valence electrons. The van der Waals surface area contributed by atoms with Crippen LogP contribution in [0.15, 0.2) is 0 Å². The summed E-state index contributed by atoms with van der Waals surface area (Å²) in [4.78, 5) is 9.00. The summed E-state index contributed by atoms with van der Waals surface area (Å²) in [5.74, 6) is -0.833. The van der Waals surface area contributed by atoms with Gasteiger partial charge in [-0.25, -0.2) is 0 Å². The van der Waals surface area contributed by atoms with Gasteiger partial charge in [0.15, 0.2) is 0 Å². The molecule has 0 aromatic carbocycles.